The summed E-state index contributed by atoms with van der Waals surface area (Å²) in [4.78, 5) is 25.4. The lowest BCUT2D eigenvalue weighted by Gasteiger charge is -2.17. The van der Waals surface area contributed by atoms with Crippen LogP contribution in [0.25, 0.3) is 0 Å². The van der Waals surface area contributed by atoms with Crippen molar-refractivity contribution in [3.05, 3.63) is 47.7 Å². The van der Waals surface area contributed by atoms with Gasteiger partial charge in [-0.25, -0.2) is 0 Å². The maximum Gasteiger partial charge on any atom is 0.253 e. The molecule has 0 bridgehead atoms. The average molecular weight is 340 g/mol. The molecule has 1 saturated heterocycles. The summed E-state index contributed by atoms with van der Waals surface area (Å²) in [7, 11) is 0. The number of aryl methyl sites for hydroxylation is 1. The van der Waals surface area contributed by atoms with E-state index in [0.29, 0.717) is 30.2 Å². The molecule has 25 heavy (non-hydrogen) atoms. The van der Waals surface area contributed by atoms with E-state index in [1.807, 2.05) is 13.0 Å². The highest BCUT2D eigenvalue weighted by Gasteiger charge is 2.28. The Morgan fingerprint density at radius 2 is 1.92 bits per heavy atom. The molecule has 1 N–H and O–H groups in total. The van der Waals surface area contributed by atoms with E-state index in [9.17, 15) is 9.59 Å². The number of nitrogens with one attached hydrogen (secondary N) is 1. The van der Waals surface area contributed by atoms with Gasteiger partial charge in [0.2, 0.25) is 11.8 Å². The number of ether oxygens (including phenoxy) is 1. The van der Waals surface area contributed by atoms with Gasteiger partial charge in [-0.15, -0.1) is 5.10 Å². The standard InChI is InChI=1S/C18H20N4O3/c1-12-3-8-17(21-20-12)25-16-9-10-22(11-16)18(24)14-4-6-15(7-5-14)19-13(2)23/h3-8,16H,9-11H2,1-2H3,(H,19,23). The number of carbonyl (C=O) groups is 2. The summed E-state index contributed by atoms with van der Waals surface area (Å²) in [6.07, 6.45) is 0.672. The average Bonchev–Trinajstić information content (AvgIpc) is 3.05. The van der Waals surface area contributed by atoms with Gasteiger partial charge < -0.3 is 15.0 Å². The van der Waals surface area contributed by atoms with Gasteiger partial charge in [0, 0.05) is 37.2 Å². The third kappa shape index (κ3) is 4.32. The third-order valence-corrected chi connectivity index (χ3v) is 3.95. The first-order valence-corrected chi connectivity index (χ1v) is 8.15. The Labute approximate surface area is 146 Å². The Morgan fingerprint density at radius 3 is 2.56 bits per heavy atom. The van der Waals surface area contributed by atoms with Gasteiger partial charge in [-0.1, -0.05) is 0 Å². The summed E-state index contributed by atoms with van der Waals surface area (Å²) in [5.41, 5.74) is 2.09. The number of hydrogen-bond acceptors (Lipinski definition) is 5. The number of rotatable bonds is 4. The van der Waals surface area contributed by atoms with E-state index < -0.39 is 0 Å². The van der Waals surface area contributed by atoms with Crippen LogP contribution in [-0.4, -0.2) is 46.1 Å². The molecule has 7 nitrogen and oxygen atoms in total. The minimum atomic E-state index is -0.141. The van der Waals surface area contributed by atoms with Crippen molar-refractivity contribution in [3.63, 3.8) is 0 Å². The molecule has 2 heterocycles. The quantitative estimate of drug-likeness (QED) is 0.921. The van der Waals surface area contributed by atoms with Gasteiger partial charge >= 0.3 is 0 Å². The zero-order valence-corrected chi connectivity index (χ0v) is 14.2. The van der Waals surface area contributed by atoms with Crippen molar-refractivity contribution in [1.82, 2.24) is 15.1 Å². The Kier molecular flexibility index (Phi) is 4.92. The van der Waals surface area contributed by atoms with Crippen LogP contribution in [0.2, 0.25) is 0 Å². The fourth-order valence-corrected chi connectivity index (χ4v) is 2.71. The first-order valence-electron chi connectivity index (χ1n) is 8.15. The monoisotopic (exact) mass is 340 g/mol. The van der Waals surface area contributed by atoms with Crippen molar-refractivity contribution >= 4 is 17.5 Å². The van der Waals surface area contributed by atoms with Crippen molar-refractivity contribution < 1.29 is 14.3 Å². The molecule has 1 aromatic carbocycles. The molecule has 3 rings (SSSR count). The van der Waals surface area contributed by atoms with Crippen LogP contribution >= 0.6 is 0 Å². The van der Waals surface area contributed by atoms with Crippen molar-refractivity contribution in [1.29, 1.82) is 0 Å². The first kappa shape index (κ1) is 16.9. The zero-order valence-electron chi connectivity index (χ0n) is 14.2. The Bertz CT molecular complexity index is 759. The van der Waals surface area contributed by atoms with Gasteiger partial charge in [-0.05, 0) is 37.3 Å². The minimum absolute atomic E-state index is 0.0459. The highest BCUT2D eigenvalue weighted by Crippen LogP contribution is 2.19. The topological polar surface area (TPSA) is 84.4 Å². The molecular formula is C18H20N4O3. The van der Waals surface area contributed by atoms with Crippen molar-refractivity contribution in [2.24, 2.45) is 0 Å². The molecule has 130 valence electrons. The van der Waals surface area contributed by atoms with Crippen LogP contribution in [0.4, 0.5) is 5.69 Å². The van der Waals surface area contributed by atoms with Crippen LogP contribution in [0, 0.1) is 6.92 Å². The first-order chi connectivity index (χ1) is 12.0. The Hall–Kier alpha value is -2.96. The van der Waals surface area contributed by atoms with Crippen LogP contribution in [0.15, 0.2) is 36.4 Å². The van der Waals surface area contributed by atoms with Gasteiger partial charge in [0.05, 0.1) is 12.2 Å². The minimum Gasteiger partial charge on any atom is -0.471 e. The van der Waals surface area contributed by atoms with Crippen molar-refractivity contribution in [3.8, 4) is 5.88 Å². The molecule has 1 aliphatic rings. The van der Waals surface area contributed by atoms with E-state index in [0.717, 1.165) is 12.1 Å². The van der Waals surface area contributed by atoms with Gasteiger partial charge in [-0.3, -0.25) is 9.59 Å². The van der Waals surface area contributed by atoms with Crippen LogP contribution in [-0.2, 0) is 4.79 Å². The van der Waals surface area contributed by atoms with Crippen LogP contribution < -0.4 is 10.1 Å². The second-order valence-corrected chi connectivity index (χ2v) is 6.05. The summed E-state index contributed by atoms with van der Waals surface area (Å²) in [6, 6.07) is 10.5. The largest absolute Gasteiger partial charge is 0.471 e. The molecule has 2 aromatic rings. The lowest BCUT2D eigenvalue weighted by Crippen LogP contribution is -2.31. The second-order valence-electron chi connectivity index (χ2n) is 6.05. The molecule has 2 amide bonds. The normalized spacial score (nSPS) is 16.6. The fraction of sp³-hybridized carbons (Fsp3) is 0.333. The highest BCUT2D eigenvalue weighted by molar-refractivity contribution is 5.95. The molecule has 0 radical (unpaired) electrons. The number of hydrogen-bond donors (Lipinski definition) is 1. The number of aromatic nitrogens is 2. The summed E-state index contributed by atoms with van der Waals surface area (Å²) in [6.45, 7) is 4.46. The lowest BCUT2D eigenvalue weighted by atomic mass is 10.2. The van der Waals surface area contributed by atoms with Crippen molar-refractivity contribution in [2.75, 3.05) is 18.4 Å². The number of amides is 2. The highest BCUT2D eigenvalue weighted by atomic mass is 16.5. The van der Waals surface area contributed by atoms with E-state index in [2.05, 4.69) is 15.5 Å². The second kappa shape index (κ2) is 7.29. The van der Waals surface area contributed by atoms with Gasteiger partial charge in [0.1, 0.15) is 6.10 Å². The SMILES string of the molecule is CC(=O)Nc1ccc(C(=O)N2CCC(Oc3ccc(C)nn3)C2)cc1. The van der Waals surface area contributed by atoms with E-state index in [-0.39, 0.29) is 17.9 Å². The summed E-state index contributed by atoms with van der Waals surface area (Å²) in [5.74, 6) is 0.290. The number of benzene rings is 1. The summed E-state index contributed by atoms with van der Waals surface area (Å²) < 4.78 is 5.79. The van der Waals surface area contributed by atoms with Crippen molar-refractivity contribution in [2.45, 2.75) is 26.4 Å². The predicted octanol–water partition coefficient (Wildman–Crippen LogP) is 2.04. The van der Waals surface area contributed by atoms with E-state index in [4.69, 9.17) is 4.74 Å². The third-order valence-electron chi connectivity index (χ3n) is 3.95. The van der Waals surface area contributed by atoms with E-state index in [1.54, 1.807) is 35.2 Å². The molecule has 1 atom stereocenters. The van der Waals surface area contributed by atoms with Crippen LogP contribution in [0.5, 0.6) is 5.88 Å². The van der Waals surface area contributed by atoms with Gasteiger partial charge in [-0.2, -0.15) is 5.10 Å². The predicted molar refractivity (Wildman–Crippen MR) is 92.5 cm³/mol. The number of nitrogens with zero attached hydrogens (tertiary/aromatic N) is 3. The summed E-state index contributed by atoms with van der Waals surface area (Å²) in [5, 5.41) is 10.6. The number of likely N-dealkylation sites (tertiary alicyclic amines) is 1. The Morgan fingerprint density at radius 1 is 1.16 bits per heavy atom. The van der Waals surface area contributed by atoms with Gasteiger partial charge in [0.15, 0.2) is 0 Å². The summed E-state index contributed by atoms with van der Waals surface area (Å²) >= 11 is 0. The smallest absolute Gasteiger partial charge is 0.253 e. The van der Waals surface area contributed by atoms with Crippen LogP contribution in [0.1, 0.15) is 29.4 Å². The molecule has 7 heteroatoms. The molecule has 0 saturated carbocycles. The molecule has 1 aliphatic heterocycles. The Balaban J connectivity index is 1.58. The molecule has 1 aromatic heterocycles. The van der Waals surface area contributed by atoms with E-state index in [1.165, 1.54) is 6.92 Å². The molecule has 1 unspecified atom stereocenters. The van der Waals surface area contributed by atoms with E-state index >= 15 is 0 Å². The maximum absolute atomic E-state index is 12.6. The molecule has 0 spiro atoms. The maximum atomic E-state index is 12.6. The molecule has 1 fully saturated rings. The van der Waals surface area contributed by atoms with Crippen LogP contribution in [0.3, 0.4) is 0 Å². The number of anilines is 1. The fourth-order valence-electron chi connectivity index (χ4n) is 2.71. The lowest BCUT2D eigenvalue weighted by molar-refractivity contribution is -0.114. The zero-order chi connectivity index (χ0) is 17.8. The number of carbonyl (C=O) groups excluding carboxylic acids is 2. The molecule has 0 aliphatic carbocycles. The molecular weight excluding hydrogens is 320 g/mol. The van der Waals surface area contributed by atoms with Gasteiger partial charge in [0.25, 0.3) is 5.91 Å².